The van der Waals surface area contributed by atoms with Crippen molar-refractivity contribution < 1.29 is 37.9 Å². The highest BCUT2D eigenvalue weighted by atomic mass is 16.6. The minimum Gasteiger partial charge on any atom is -0.489 e. The van der Waals surface area contributed by atoms with E-state index in [4.69, 9.17) is 37.9 Å². The largest absolute Gasteiger partial charge is 0.489 e. The van der Waals surface area contributed by atoms with Crippen LogP contribution in [-0.4, -0.2) is 122 Å². The summed E-state index contributed by atoms with van der Waals surface area (Å²) in [5, 5.41) is 0. The Morgan fingerprint density at radius 3 is 0.859 bits per heavy atom. The van der Waals surface area contributed by atoms with Gasteiger partial charge in [0.25, 0.3) is 0 Å². The predicted octanol–water partition coefficient (Wildman–Crippen LogP) is 14.4. The maximum atomic E-state index is 6.14. The molecule has 0 amide bonds. The van der Waals surface area contributed by atoms with Gasteiger partial charge in [0, 0.05) is 53.2 Å². The van der Waals surface area contributed by atoms with Crippen molar-refractivity contribution in [2.45, 2.75) is 92.9 Å². The molecule has 8 rings (SSSR count). The molecule has 0 radical (unpaired) electrons. The third-order valence-corrected chi connectivity index (χ3v) is 14.0. The summed E-state index contributed by atoms with van der Waals surface area (Å²) in [4.78, 5) is 4.24. The number of fused-ring (bicyclic) bond motifs is 6. The molecule has 0 N–H and O–H groups in total. The van der Waals surface area contributed by atoms with Crippen molar-refractivity contribution in [1.29, 1.82) is 0 Å². The Morgan fingerprint density at radius 2 is 0.603 bits per heavy atom. The Balaban J connectivity index is 0.000000261. The fraction of sp³-hybridized carbons (Fsp3) is 0.471. The number of rotatable bonds is 24. The maximum absolute atomic E-state index is 6.14. The van der Waals surface area contributed by atoms with Crippen molar-refractivity contribution in [3.05, 3.63) is 165 Å². The van der Waals surface area contributed by atoms with Crippen molar-refractivity contribution in [2.24, 2.45) is 0 Å². The third kappa shape index (κ3) is 15.8. The van der Waals surface area contributed by atoms with Gasteiger partial charge >= 0.3 is 0 Å². The molecule has 0 heterocycles. The lowest BCUT2D eigenvalue weighted by molar-refractivity contribution is 0.0180. The number of hydrogen-bond donors (Lipinski definition) is 0. The zero-order valence-corrected chi connectivity index (χ0v) is 50.5. The number of anilines is 2. The average molecular weight is 1070 g/mol. The topological polar surface area (TPSA) is 80.3 Å². The molecular weight excluding hydrogens is 973 g/mol. The summed E-state index contributed by atoms with van der Waals surface area (Å²) in [6, 6.07) is 40.5. The van der Waals surface area contributed by atoms with E-state index < -0.39 is 0 Å². The number of methoxy groups -OCH3 is 2. The van der Waals surface area contributed by atoms with Crippen molar-refractivity contribution in [3.63, 3.8) is 0 Å². The fourth-order valence-corrected chi connectivity index (χ4v) is 10.1. The summed E-state index contributed by atoms with van der Waals surface area (Å²) < 4.78 is 44.4. The average Bonchev–Trinajstić information content (AvgIpc) is 3.81. The minimum atomic E-state index is -0.238. The van der Waals surface area contributed by atoms with E-state index in [1.807, 2.05) is 0 Å². The summed E-state index contributed by atoms with van der Waals surface area (Å²) in [5.74, 6) is 1.72. The van der Waals surface area contributed by atoms with Crippen LogP contribution in [0, 0.1) is 27.7 Å². The minimum absolute atomic E-state index is 0.238. The van der Waals surface area contributed by atoms with E-state index in [1.54, 1.807) is 14.2 Å². The fourth-order valence-electron chi connectivity index (χ4n) is 10.1. The van der Waals surface area contributed by atoms with Gasteiger partial charge in [-0.1, -0.05) is 148 Å². The molecule has 424 valence electrons. The molecule has 0 aromatic heterocycles. The highest BCUT2D eigenvalue weighted by molar-refractivity contribution is 5.85. The first-order valence-corrected chi connectivity index (χ1v) is 28.2. The molecule has 2 aliphatic carbocycles. The summed E-state index contributed by atoms with van der Waals surface area (Å²) in [6.45, 7) is 28.5. The summed E-state index contributed by atoms with van der Waals surface area (Å²) in [7, 11) is 11.6. The lowest BCUT2D eigenvalue weighted by atomic mass is 9.73. The first-order chi connectivity index (χ1) is 37.5. The molecule has 78 heavy (non-hydrogen) atoms. The molecule has 0 unspecified atom stereocenters. The zero-order valence-electron chi connectivity index (χ0n) is 50.5. The first-order valence-electron chi connectivity index (χ1n) is 28.2. The highest BCUT2D eigenvalue weighted by Crippen LogP contribution is 2.55. The van der Waals surface area contributed by atoms with Gasteiger partial charge in [0.05, 0.1) is 77.4 Å². The van der Waals surface area contributed by atoms with Crippen molar-refractivity contribution in [1.82, 2.24) is 0 Å². The third-order valence-electron chi connectivity index (χ3n) is 14.0. The van der Waals surface area contributed by atoms with E-state index in [0.717, 1.165) is 22.9 Å². The van der Waals surface area contributed by atoms with Crippen LogP contribution in [0.1, 0.15) is 110 Å². The van der Waals surface area contributed by atoms with Gasteiger partial charge < -0.3 is 47.7 Å². The lowest BCUT2D eigenvalue weighted by Crippen LogP contribution is -2.24. The van der Waals surface area contributed by atoms with E-state index in [0.29, 0.717) is 79.3 Å². The molecule has 2 aliphatic rings. The van der Waals surface area contributed by atoms with E-state index >= 15 is 0 Å². The van der Waals surface area contributed by atoms with E-state index in [9.17, 15) is 0 Å². The Hall–Kier alpha value is -5.72. The van der Waals surface area contributed by atoms with E-state index in [-0.39, 0.29) is 10.8 Å². The van der Waals surface area contributed by atoms with Gasteiger partial charge in [0.15, 0.2) is 0 Å². The number of aryl methyl sites for hydroxylation is 4. The predicted molar refractivity (Wildman–Crippen MR) is 325 cm³/mol. The van der Waals surface area contributed by atoms with Crippen LogP contribution < -0.4 is 19.3 Å². The van der Waals surface area contributed by atoms with E-state index in [1.165, 1.54) is 90.7 Å². The second kappa shape index (κ2) is 31.2. The van der Waals surface area contributed by atoms with Gasteiger partial charge in [0.2, 0.25) is 0 Å². The highest BCUT2D eigenvalue weighted by Gasteiger charge is 2.43. The zero-order chi connectivity index (χ0) is 56.8. The summed E-state index contributed by atoms with van der Waals surface area (Å²) in [6.07, 6.45) is 2.50. The summed E-state index contributed by atoms with van der Waals surface area (Å²) in [5.41, 5.74) is 20.1. The van der Waals surface area contributed by atoms with Gasteiger partial charge in [-0.05, 0) is 121 Å². The quantitative estimate of drug-likeness (QED) is 0.0547. The number of nitrogens with zero attached hydrogens (tertiary/aromatic N) is 2. The molecule has 0 atom stereocenters. The van der Waals surface area contributed by atoms with Gasteiger partial charge in [-0.2, -0.15) is 0 Å². The van der Waals surface area contributed by atoms with Gasteiger partial charge in [-0.25, -0.2) is 0 Å². The van der Waals surface area contributed by atoms with Crippen LogP contribution >= 0.6 is 0 Å². The Bertz CT molecular complexity index is 2490. The second-order valence-electron chi connectivity index (χ2n) is 21.1. The van der Waals surface area contributed by atoms with E-state index in [2.05, 4.69) is 216 Å². The summed E-state index contributed by atoms with van der Waals surface area (Å²) >= 11 is 0. The lowest BCUT2D eigenvalue weighted by Gasteiger charge is -2.30. The van der Waals surface area contributed by atoms with Crippen molar-refractivity contribution >= 4 is 11.4 Å². The van der Waals surface area contributed by atoms with Gasteiger partial charge in [-0.15, -0.1) is 0 Å². The van der Waals surface area contributed by atoms with Crippen LogP contribution in [0.2, 0.25) is 0 Å². The number of benzene rings is 6. The normalized spacial score (nSPS) is 12.8. The molecule has 10 nitrogen and oxygen atoms in total. The number of ether oxygens (including phenoxy) is 8. The Kier molecular flexibility index (Phi) is 25.2. The molecular formula is C68H94N2O8. The van der Waals surface area contributed by atoms with Crippen LogP contribution in [0.3, 0.4) is 0 Å². The molecule has 6 aromatic rings. The molecule has 0 saturated carbocycles. The maximum Gasteiger partial charge on any atom is 0.142 e. The van der Waals surface area contributed by atoms with Gasteiger partial charge in [0.1, 0.15) is 24.7 Å². The van der Waals surface area contributed by atoms with Crippen molar-refractivity contribution in [3.8, 4) is 33.8 Å². The molecule has 0 spiro atoms. The SMILES string of the molecule is CCC.CCC.COCCOCCOCCOc1ccc(C2(C)c3cc(C)ccc3-c3ccc(C)cc32)cc1N(C)C.COCCOCCOCCOc1ccc(C2(C)c3cc(C)ccc3-c3ccc(C)cc32)cc1N(C)C. The second-order valence-corrected chi connectivity index (χ2v) is 21.1. The van der Waals surface area contributed by atoms with Crippen LogP contribution in [0.5, 0.6) is 11.5 Å². The standard InChI is InChI=1S/2C31H39NO4.2C3H8/c2*1-22-7-10-25-26-11-8-23(2)20-28(26)31(3,27(25)19-22)24-9-12-30(29(21-24)32(4)5)36-18-17-35-16-15-34-14-13-33-6;2*1-3-2/h2*7-12,19-21H,13-18H2,1-6H3;2*3H2,1-2H3. The molecule has 10 heteroatoms. The van der Waals surface area contributed by atoms with Gasteiger partial charge in [-0.3, -0.25) is 0 Å². The monoisotopic (exact) mass is 1070 g/mol. The molecule has 0 saturated heterocycles. The molecule has 0 aliphatic heterocycles. The van der Waals surface area contributed by atoms with Crippen LogP contribution in [-0.2, 0) is 39.3 Å². The molecule has 6 aromatic carbocycles. The van der Waals surface area contributed by atoms with Crippen LogP contribution in [0.15, 0.2) is 109 Å². The van der Waals surface area contributed by atoms with Crippen LogP contribution in [0.4, 0.5) is 11.4 Å². The van der Waals surface area contributed by atoms with Crippen LogP contribution in [0.25, 0.3) is 22.3 Å². The smallest absolute Gasteiger partial charge is 0.142 e. The Morgan fingerprint density at radius 1 is 0.346 bits per heavy atom. The molecule has 0 bridgehead atoms. The number of hydrogen-bond acceptors (Lipinski definition) is 10. The van der Waals surface area contributed by atoms with Crippen molar-refractivity contribution in [2.75, 3.05) is 131 Å². The Labute approximate surface area is 470 Å². The molecule has 0 fully saturated rings. The first kappa shape index (κ1) is 63.1.